The molecule has 1 saturated heterocycles. The largest absolute Gasteiger partial charge is 0.494 e. The molecule has 240 valence electrons. The first-order valence-electron chi connectivity index (χ1n) is 15.1. The second kappa shape index (κ2) is 14.9. The van der Waals surface area contributed by atoms with Crippen LogP contribution in [0.15, 0.2) is 63.0 Å². The summed E-state index contributed by atoms with van der Waals surface area (Å²) in [5.41, 5.74) is 1.14. The highest BCUT2D eigenvalue weighted by Gasteiger charge is 2.21. The number of carbonyl (C=O) groups is 1. The van der Waals surface area contributed by atoms with Crippen LogP contribution in [0.1, 0.15) is 33.0 Å². The molecule has 5 rings (SSSR count). The van der Waals surface area contributed by atoms with E-state index in [9.17, 15) is 4.79 Å². The number of aliphatic hydroxyl groups is 1. The Bertz CT molecular complexity index is 1580. The highest BCUT2D eigenvalue weighted by atomic mass is 32.2. The number of anilines is 2. The van der Waals surface area contributed by atoms with Crippen molar-refractivity contribution < 1.29 is 23.9 Å². The molecular weight excluding hydrogens is 594 g/mol. The number of hydrogen-bond donors (Lipinski definition) is 3. The summed E-state index contributed by atoms with van der Waals surface area (Å²) in [7, 11) is 1.54. The molecule has 45 heavy (non-hydrogen) atoms. The Kier molecular flexibility index (Phi) is 10.8. The number of hydrogen-bond acceptors (Lipinski definition) is 11. The van der Waals surface area contributed by atoms with Crippen molar-refractivity contribution in [2.24, 2.45) is 0 Å². The number of aromatic nitrogens is 3. The zero-order valence-electron chi connectivity index (χ0n) is 26.2. The molecule has 13 heteroatoms. The van der Waals surface area contributed by atoms with Gasteiger partial charge in [0.05, 0.1) is 25.8 Å². The van der Waals surface area contributed by atoms with Crippen LogP contribution in [0.2, 0.25) is 0 Å². The van der Waals surface area contributed by atoms with Gasteiger partial charge in [0.1, 0.15) is 16.5 Å². The number of carbonyl (C=O) groups excluding carboxylic acids is 1. The molecule has 1 aliphatic heterocycles. The lowest BCUT2D eigenvalue weighted by Crippen LogP contribution is -2.47. The highest BCUT2D eigenvalue weighted by molar-refractivity contribution is 7.99. The number of ether oxygens (including phenoxy) is 2. The van der Waals surface area contributed by atoms with Crippen LogP contribution >= 0.6 is 11.8 Å². The standard InChI is InChI=1S/C32H41N7O5S/c1-32(2,3)27-21-28(37-44-27)35-30(41)33-22-7-5-8-24(19-22)45-29-25-20-23(9-10-26(25)34-31(36-29)42-4)43-18-6-11-38-12-14-39(15-13-38)16-17-40/h5,7-10,19-21,40H,6,11-18H2,1-4H3,(H2,33,35,37,41). The third-order valence-electron chi connectivity index (χ3n) is 7.36. The van der Waals surface area contributed by atoms with Gasteiger partial charge in [0, 0.05) is 66.7 Å². The Morgan fingerprint density at radius 2 is 1.80 bits per heavy atom. The van der Waals surface area contributed by atoms with E-state index < -0.39 is 6.03 Å². The van der Waals surface area contributed by atoms with Crippen LogP contribution in [0.4, 0.5) is 16.3 Å². The predicted octanol–water partition coefficient (Wildman–Crippen LogP) is 5.10. The molecule has 0 radical (unpaired) electrons. The van der Waals surface area contributed by atoms with Gasteiger partial charge in [0.15, 0.2) is 5.82 Å². The average Bonchev–Trinajstić information content (AvgIpc) is 3.49. The van der Waals surface area contributed by atoms with Crippen molar-refractivity contribution in [3.05, 3.63) is 54.3 Å². The lowest BCUT2D eigenvalue weighted by molar-refractivity contribution is 0.108. The van der Waals surface area contributed by atoms with E-state index in [0.29, 0.717) is 28.9 Å². The van der Waals surface area contributed by atoms with Gasteiger partial charge in [-0.2, -0.15) is 9.97 Å². The third kappa shape index (κ3) is 9.07. The second-order valence-electron chi connectivity index (χ2n) is 11.8. The Balaban J connectivity index is 1.21. The van der Waals surface area contributed by atoms with E-state index in [0.717, 1.165) is 67.2 Å². The molecule has 1 aliphatic rings. The molecule has 0 unspecified atom stereocenters. The first-order valence-corrected chi connectivity index (χ1v) is 15.9. The summed E-state index contributed by atoms with van der Waals surface area (Å²) in [6, 6.07) is 14.9. The fourth-order valence-corrected chi connectivity index (χ4v) is 5.84. The van der Waals surface area contributed by atoms with Gasteiger partial charge < -0.3 is 29.3 Å². The number of methoxy groups -OCH3 is 1. The minimum atomic E-state index is -0.425. The van der Waals surface area contributed by atoms with Crippen LogP contribution in [0.3, 0.4) is 0 Å². The minimum Gasteiger partial charge on any atom is -0.494 e. The van der Waals surface area contributed by atoms with Crippen LogP contribution in [0, 0.1) is 0 Å². The number of nitrogens with zero attached hydrogens (tertiary/aromatic N) is 5. The topological polar surface area (TPSA) is 138 Å². The third-order valence-corrected chi connectivity index (χ3v) is 8.35. The van der Waals surface area contributed by atoms with Crippen LogP contribution in [0.25, 0.3) is 10.9 Å². The Labute approximate surface area is 267 Å². The molecule has 2 aromatic heterocycles. The van der Waals surface area contributed by atoms with Crippen molar-refractivity contribution in [1.29, 1.82) is 0 Å². The molecule has 0 aliphatic carbocycles. The van der Waals surface area contributed by atoms with Gasteiger partial charge in [-0.1, -0.05) is 43.8 Å². The maximum atomic E-state index is 12.7. The molecule has 4 aromatic rings. The lowest BCUT2D eigenvalue weighted by Gasteiger charge is -2.34. The number of amides is 2. The fraction of sp³-hybridized carbons (Fsp3) is 0.438. The highest BCUT2D eigenvalue weighted by Crippen LogP contribution is 2.35. The normalized spacial score (nSPS) is 14.4. The first-order chi connectivity index (χ1) is 21.7. The fourth-order valence-electron chi connectivity index (χ4n) is 4.89. The van der Waals surface area contributed by atoms with Crippen molar-refractivity contribution in [3.8, 4) is 11.8 Å². The summed E-state index contributed by atoms with van der Waals surface area (Å²) >= 11 is 1.45. The van der Waals surface area contributed by atoms with E-state index in [1.165, 1.54) is 11.8 Å². The molecule has 1 fully saturated rings. The van der Waals surface area contributed by atoms with Gasteiger partial charge in [0.25, 0.3) is 0 Å². The maximum Gasteiger partial charge on any atom is 0.324 e. The van der Waals surface area contributed by atoms with Crippen molar-refractivity contribution in [2.45, 2.75) is 42.5 Å². The van der Waals surface area contributed by atoms with Crippen molar-refractivity contribution in [2.75, 3.05) is 70.2 Å². The van der Waals surface area contributed by atoms with Crippen LogP contribution in [-0.4, -0.2) is 95.7 Å². The Morgan fingerprint density at radius 3 is 2.51 bits per heavy atom. The zero-order valence-corrected chi connectivity index (χ0v) is 27.0. The number of nitrogens with one attached hydrogen (secondary N) is 2. The van der Waals surface area contributed by atoms with E-state index in [2.05, 4.69) is 35.6 Å². The van der Waals surface area contributed by atoms with Crippen molar-refractivity contribution >= 4 is 40.2 Å². The van der Waals surface area contributed by atoms with E-state index in [4.69, 9.17) is 19.1 Å². The van der Waals surface area contributed by atoms with Crippen LogP contribution < -0.4 is 20.1 Å². The molecule has 0 spiro atoms. The quantitative estimate of drug-likeness (QED) is 0.142. The first kappa shape index (κ1) is 32.5. The summed E-state index contributed by atoms with van der Waals surface area (Å²) in [6.07, 6.45) is 0.917. The molecule has 12 nitrogen and oxygen atoms in total. The second-order valence-corrected chi connectivity index (χ2v) is 12.9. The smallest absolute Gasteiger partial charge is 0.324 e. The number of β-amino-alcohol motifs (C(OH)–C–C–N with tert-alkyl or cyclic N) is 1. The molecule has 0 atom stereocenters. The molecule has 2 amide bonds. The van der Waals surface area contributed by atoms with E-state index >= 15 is 0 Å². The number of aliphatic hydroxyl groups excluding tert-OH is 1. The molecule has 0 bridgehead atoms. The van der Waals surface area contributed by atoms with Crippen molar-refractivity contribution in [1.82, 2.24) is 24.9 Å². The number of benzene rings is 2. The average molecular weight is 636 g/mol. The lowest BCUT2D eigenvalue weighted by atomic mass is 9.93. The van der Waals surface area contributed by atoms with Gasteiger partial charge in [-0.15, -0.1) is 0 Å². The summed E-state index contributed by atoms with van der Waals surface area (Å²) in [5, 5.41) is 20.2. The van der Waals surface area contributed by atoms with Gasteiger partial charge in [-0.05, 0) is 42.8 Å². The molecule has 3 N–H and O–H groups in total. The molecule has 3 heterocycles. The summed E-state index contributed by atoms with van der Waals surface area (Å²) in [6.45, 7) is 12.6. The summed E-state index contributed by atoms with van der Waals surface area (Å²) in [4.78, 5) is 27.4. The molecule has 2 aromatic carbocycles. The minimum absolute atomic E-state index is 0.212. The molecule has 0 saturated carbocycles. The number of piperazine rings is 1. The van der Waals surface area contributed by atoms with E-state index in [1.807, 2.05) is 63.2 Å². The predicted molar refractivity (Wildman–Crippen MR) is 175 cm³/mol. The Hall–Kier alpha value is -3.91. The monoisotopic (exact) mass is 635 g/mol. The van der Waals surface area contributed by atoms with Gasteiger partial charge in [0.2, 0.25) is 0 Å². The van der Waals surface area contributed by atoms with Crippen LogP contribution in [0.5, 0.6) is 11.8 Å². The van der Waals surface area contributed by atoms with Gasteiger partial charge >= 0.3 is 12.0 Å². The molecular formula is C32H41N7O5S. The van der Waals surface area contributed by atoms with E-state index in [1.54, 1.807) is 13.2 Å². The van der Waals surface area contributed by atoms with Crippen molar-refractivity contribution in [3.63, 3.8) is 0 Å². The van der Waals surface area contributed by atoms with Gasteiger partial charge in [-0.25, -0.2) is 4.79 Å². The van der Waals surface area contributed by atoms with Crippen LogP contribution in [-0.2, 0) is 5.41 Å². The number of rotatable bonds is 12. The number of urea groups is 1. The Morgan fingerprint density at radius 1 is 1.02 bits per heavy atom. The van der Waals surface area contributed by atoms with Gasteiger partial charge in [-0.3, -0.25) is 10.2 Å². The summed E-state index contributed by atoms with van der Waals surface area (Å²) in [5.74, 6) is 1.78. The zero-order chi connectivity index (χ0) is 31.8. The maximum absolute atomic E-state index is 12.7. The summed E-state index contributed by atoms with van der Waals surface area (Å²) < 4.78 is 16.9. The number of fused-ring (bicyclic) bond motifs is 1. The van der Waals surface area contributed by atoms with E-state index in [-0.39, 0.29) is 18.0 Å². The SMILES string of the molecule is COc1nc(Sc2cccc(NC(=O)Nc3cc(C(C)(C)C)on3)c2)c2cc(OCCCN3CCN(CCO)CC3)ccc2n1.